The number of quaternary nitrogens is 1. The van der Waals surface area contributed by atoms with Crippen molar-refractivity contribution in [3.05, 3.63) is 70.4 Å². The van der Waals surface area contributed by atoms with Crippen molar-refractivity contribution in [2.75, 3.05) is 14.2 Å². The van der Waals surface area contributed by atoms with E-state index in [1.807, 2.05) is 24.3 Å². The Labute approximate surface area is 163 Å². The number of nitrogens with zero attached hydrogens (tertiary/aromatic N) is 2. The molecule has 0 saturated heterocycles. The third-order valence-corrected chi connectivity index (χ3v) is 4.54. The number of nitrogens with one attached hydrogen (secondary N) is 1. The van der Waals surface area contributed by atoms with Crippen LogP contribution in [0.2, 0.25) is 0 Å². The minimum atomic E-state index is 0.222. The molecule has 142 valence electrons. The van der Waals surface area contributed by atoms with E-state index in [1.54, 1.807) is 11.8 Å². The molecular formula is C20H24N3O3S+. The predicted molar refractivity (Wildman–Crippen MR) is 104 cm³/mol. The highest BCUT2D eigenvalue weighted by molar-refractivity contribution is 7.71. The maximum atomic E-state index is 5.70. The summed E-state index contributed by atoms with van der Waals surface area (Å²) in [6, 6.07) is 15.7. The summed E-state index contributed by atoms with van der Waals surface area (Å²) in [7, 11) is 3.74. The van der Waals surface area contributed by atoms with Gasteiger partial charge in [0.05, 0.1) is 14.2 Å². The van der Waals surface area contributed by atoms with Crippen molar-refractivity contribution in [1.29, 1.82) is 0 Å². The lowest BCUT2D eigenvalue weighted by atomic mass is 10.1. The Morgan fingerprint density at radius 3 is 2.52 bits per heavy atom. The van der Waals surface area contributed by atoms with Gasteiger partial charge < -0.3 is 18.8 Å². The number of hydrogen-bond donors (Lipinski definition) is 1. The summed E-state index contributed by atoms with van der Waals surface area (Å²) in [5, 5.41) is 4.44. The van der Waals surface area contributed by atoms with Crippen molar-refractivity contribution in [3.63, 3.8) is 0 Å². The fourth-order valence-corrected chi connectivity index (χ4v) is 2.97. The number of aromatic nitrogens is 2. The first-order valence-corrected chi connectivity index (χ1v) is 9.15. The van der Waals surface area contributed by atoms with Crippen molar-refractivity contribution in [3.8, 4) is 11.5 Å². The number of hydrogen-bond acceptors (Lipinski definition) is 5. The average molecular weight is 386 g/mol. The SMILES string of the molecule is COc1ccc(OCc2nn(C[NH+](C)Cc3ccccc3C)c(=S)o2)cc1. The van der Waals surface area contributed by atoms with E-state index in [4.69, 9.17) is 26.1 Å². The summed E-state index contributed by atoms with van der Waals surface area (Å²) in [5.74, 6) is 1.96. The molecule has 0 bridgehead atoms. The lowest BCUT2D eigenvalue weighted by Crippen LogP contribution is -3.07. The van der Waals surface area contributed by atoms with Crippen LogP contribution in [0, 0.1) is 11.8 Å². The molecule has 3 aromatic rings. The lowest BCUT2D eigenvalue weighted by Gasteiger charge is -2.14. The standard InChI is InChI=1S/C20H23N3O3S/c1-15-6-4-5-7-16(15)12-22(2)14-23-20(27)26-19(21-23)13-25-18-10-8-17(24-3)9-11-18/h4-11H,12-14H2,1-3H3/p+1. The molecule has 1 atom stereocenters. The van der Waals surface area contributed by atoms with Gasteiger partial charge in [0.1, 0.15) is 18.0 Å². The van der Waals surface area contributed by atoms with Crippen LogP contribution in [0.4, 0.5) is 0 Å². The van der Waals surface area contributed by atoms with E-state index in [1.165, 1.54) is 16.0 Å². The van der Waals surface area contributed by atoms with E-state index < -0.39 is 0 Å². The Morgan fingerprint density at radius 2 is 1.81 bits per heavy atom. The van der Waals surface area contributed by atoms with Gasteiger partial charge in [-0.2, -0.15) is 4.68 Å². The van der Waals surface area contributed by atoms with Crippen molar-refractivity contribution in [2.45, 2.75) is 26.7 Å². The third-order valence-electron chi connectivity index (χ3n) is 4.24. The minimum Gasteiger partial charge on any atom is -0.497 e. The monoisotopic (exact) mass is 386 g/mol. The molecule has 0 fully saturated rings. The lowest BCUT2D eigenvalue weighted by molar-refractivity contribution is -0.917. The molecule has 0 amide bonds. The molecule has 0 radical (unpaired) electrons. The Balaban J connectivity index is 1.58. The van der Waals surface area contributed by atoms with Crippen LogP contribution in [0.3, 0.4) is 0 Å². The Morgan fingerprint density at radius 1 is 1.11 bits per heavy atom. The Bertz CT molecular complexity index is 934. The predicted octanol–water partition coefficient (Wildman–Crippen LogP) is 2.77. The van der Waals surface area contributed by atoms with Gasteiger partial charge in [0, 0.05) is 5.56 Å². The zero-order valence-corrected chi connectivity index (χ0v) is 16.6. The highest BCUT2D eigenvalue weighted by Crippen LogP contribution is 2.18. The highest BCUT2D eigenvalue weighted by atomic mass is 32.1. The van der Waals surface area contributed by atoms with Crippen molar-refractivity contribution < 1.29 is 18.8 Å². The number of ether oxygens (including phenoxy) is 2. The van der Waals surface area contributed by atoms with Gasteiger partial charge in [0.2, 0.25) is 0 Å². The van der Waals surface area contributed by atoms with Gasteiger partial charge in [-0.3, -0.25) is 0 Å². The van der Waals surface area contributed by atoms with Gasteiger partial charge in [-0.05, 0) is 49.0 Å². The number of aryl methyl sites for hydroxylation is 1. The molecule has 2 aromatic carbocycles. The van der Waals surface area contributed by atoms with Crippen LogP contribution >= 0.6 is 12.2 Å². The summed E-state index contributed by atoms with van der Waals surface area (Å²) in [6.45, 7) is 3.86. The molecule has 0 aliphatic heterocycles. The molecule has 27 heavy (non-hydrogen) atoms. The molecule has 3 rings (SSSR count). The first kappa shape index (κ1) is 19.1. The molecule has 6 nitrogen and oxygen atoms in total. The van der Waals surface area contributed by atoms with Gasteiger partial charge >= 0.3 is 0 Å². The Kier molecular flexibility index (Phi) is 6.26. The fraction of sp³-hybridized carbons (Fsp3) is 0.300. The smallest absolute Gasteiger partial charge is 0.291 e. The summed E-state index contributed by atoms with van der Waals surface area (Å²) < 4.78 is 18.1. The van der Waals surface area contributed by atoms with Gasteiger partial charge in [0.25, 0.3) is 10.7 Å². The third kappa shape index (κ3) is 5.18. The zero-order chi connectivity index (χ0) is 19.2. The number of benzene rings is 2. The summed E-state index contributed by atoms with van der Waals surface area (Å²) >= 11 is 5.29. The zero-order valence-electron chi connectivity index (χ0n) is 15.8. The normalized spacial score (nSPS) is 12.0. The molecule has 1 heterocycles. The van der Waals surface area contributed by atoms with Crippen molar-refractivity contribution in [2.24, 2.45) is 0 Å². The van der Waals surface area contributed by atoms with E-state index in [-0.39, 0.29) is 6.61 Å². The first-order valence-electron chi connectivity index (χ1n) is 8.74. The molecule has 0 aliphatic carbocycles. The minimum absolute atomic E-state index is 0.222. The molecule has 7 heteroatoms. The molecule has 0 spiro atoms. The number of rotatable bonds is 8. The van der Waals surface area contributed by atoms with Crippen LogP contribution in [-0.4, -0.2) is 23.9 Å². The molecule has 1 aromatic heterocycles. The van der Waals surface area contributed by atoms with E-state index >= 15 is 0 Å². The van der Waals surface area contributed by atoms with E-state index in [0.717, 1.165) is 12.3 Å². The van der Waals surface area contributed by atoms with Crippen LogP contribution in [0.1, 0.15) is 17.0 Å². The maximum absolute atomic E-state index is 5.70. The Hall–Kier alpha value is -2.64. The number of methoxy groups -OCH3 is 1. The van der Waals surface area contributed by atoms with Crippen LogP contribution < -0.4 is 14.4 Å². The van der Waals surface area contributed by atoms with Crippen LogP contribution in [0.5, 0.6) is 11.5 Å². The van der Waals surface area contributed by atoms with Gasteiger partial charge in [-0.25, -0.2) is 0 Å². The molecule has 1 N–H and O–H groups in total. The largest absolute Gasteiger partial charge is 0.497 e. The van der Waals surface area contributed by atoms with Crippen LogP contribution in [0.25, 0.3) is 0 Å². The van der Waals surface area contributed by atoms with Crippen LogP contribution in [-0.2, 0) is 19.8 Å². The average Bonchev–Trinajstić information content (AvgIpc) is 3.01. The van der Waals surface area contributed by atoms with E-state index in [9.17, 15) is 0 Å². The van der Waals surface area contributed by atoms with E-state index in [2.05, 4.69) is 43.3 Å². The molecule has 0 aliphatic rings. The second kappa shape index (κ2) is 8.83. The van der Waals surface area contributed by atoms with Gasteiger partial charge in [0.15, 0.2) is 13.3 Å². The topological polar surface area (TPSA) is 53.9 Å². The van der Waals surface area contributed by atoms with Gasteiger partial charge in [-0.1, -0.05) is 24.3 Å². The van der Waals surface area contributed by atoms with Crippen molar-refractivity contribution >= 4 is 12.2 Å². The first-order chi connectivity index (χ1) is 13.0. The van der Waals surface area contributed by atoms with Gasteiger partial charge in [-0.15, -0.1) is 5.10 Å². The second-order valence-electron chi connectivity index (χ2n) is 6.44. The highest BCUT2D eigenvalue weighted by Gasteiger charge is 2.12. The molecule has 0 saturated carbocycles. The quantitative estimate of drug-likeness (QED) is 0.604. The second-order valence-corrected chi connectivity index (χ2v) is 6.79. The van der Waals surface area contributed by atoms with Crippen LogP contribution in [0.15, 0.2) is 52.9 Å². The molecular weight excluding hydrogens is 362 g/mol. The summed E-state index contributed by atoms with van der Waals surface area (Å²) in [4.78, 5) is 1.61. The van der Waals surface area contributed by atoms with E-state index in [0.29, 0.717) is 23.1 Å². The van der Waals surface area contributed by atoms with Crippen molar-refractivity contribution in [1.82, 2.24) is 9.78 Å². The fourth-order valence-electron chi connectivity index (χ4n) is 2.77. The summed E-state index contributed by atoms with van der Waals surface area (Å²) in [5.41, 5.74) is 2.60. The molecule has 1 unspecified atom stereocenters. The maximum Gasteiger partial charge on any atom is 0.291 e. The summed E-state index contributed by atoms with van der Waals surface area (Å²) in [6.07, 6.45) is 0.